The number of rotatable bonds is 3. The molecule has 1 aliphatic rings. The average molecular weight is 281 g/mol. The van der Waals surface area contributed by atoms with Crippen LogP contribution in [0.2, 0.25) is 0 Å². The van der Waals surface area contributed by atoms with E-state index in [0.717, 1.165) is 25.9 Å². The van der Waals surface area contributed by atoms with E-state index in [0.29, 0.717) is 27.8 Å². The Balaban J connectivity index is 1.78. The Morgan fingerprint density at radius 2 is 2.32 bits per heavy atom. The van der Waals surface area contributed by atoms with Crippen LogP contribution < -0.4 is 4.74 Å². The Morgan fingerprint density at radius 1 is 1.42 bits per heavy atom. The summed E-state index contributed by atoms with van der Waals surface area (Å²) in [4.78, 5) is 6.72. The number of likely N-dealkylation sites (tertiary alicyclic amines) is 1. The van der Waals surface area contributed by atoms with Crippen molar-refractivity contribution in [3.63, 3.8) is 0 Å². The van der Waals surface area contributed by atoms with Crippen molar-refractivity contribution in [2.24, 2.45) is 0 Å². The molecule has 1 unspecified atom stereocenters. The van der Waals surface area contributed by atoms with Crippen LogP contribution in [0, 0.1) is 0 Å². The van der Waals surface area contributed by atoms with Crippen molar-refractivity contribution < 1.29 is 9.26 Å². The van der Waals surface area contributed by atoms with Crippen LogP contribution in [0.4, 0.5) is 0 Å². The molecule has 2 aromatic rings. The maximum Gasteiger partial charge on any atom is 0.294 e. The van der Waals surface area contributed by atoms with Gasteiger partial charge in [0.1, 0.15) is 0 Å². The summed E-state index contributed by atoms with van der Waals surface area (Å²) in [5.74, 6) is 1.49. The highest BCUT2D eigenvalue weighted by molar-refractivity contribution is 7.16. The lowest BCUT2D eigenvalue weighted by atomic mass is 9.98. The molecule has 19 heavy (non-hydrogen) atoms. The van der Waals surface area contributed by atoms with Crippen molar-refractivity contribution in [2.75, 3.05) is 27.2 Å². The molecule has 0 aliphatic carbocycles. The van der Waals surface area contributed by atoms with Gasteiger partial charge in [-0.2, -0.15) is 4.98 Å². The molecule has 102 valence electrons. The van der Waals surface area contributed by atoms with Gasteiger partial charge >= 0.3 is 0 Å². The van der Waals surface area contributed by atoms with Crippen molar-refractivity contribution in [3.8, 4) is 16.0 Å². The summed E-state index contributed by atoms with van der Waals surface area (Å²) in [6, 6.07) is 0. The Kier molecular flexibility index (Phi) is 3.43. The summed E-state index contributed by atoms with van der Waals surface area (Å²) in [7, 11) is 3.67. The molecule has 2 aromatic heterocycles. The lowest BCUT2D eigenvalue weighted by molar-refractivity contribution is 0.220. The first-order chi connectivity index (χ1) is 9.26. The summed E-state index contributed by atoms with van der Waals surface area (Å²) in [5, 5.41) is 12.9. The van der Waals surface area contributed by atoms with E-state index in [9.17, 15) is 0 Å². The first-order valence-corrected chi connectivity index (χ1v) is 6.98. The zero-order chi connectivity index (χ0) is 13.2. The summed E-state index contributed by atoms with van der Waals surface area (Å²) >= 11 is 1.31. The minimum atomic E-state index is 0.315. The normalized spacial score (nSPS) is 20.6. The van der Waals surface area contributed by atoms with Gasteiger partial charge in [0.25, 0.3) is 5.19 Å². The predicted molar refractivity (Wildman–Crippen MR) is 69.2 cm³/mol. The molecule has 0 N–H and O–H groups in total. The van der Waals surface area contributed by atoms with Gasteiger partial charge in [-0.15, -0.1) is 5.10 Å². The fourth-order valence-electron chi connectivity index (χ4n) is 2.24. The molecule has 0 amide bonds. The van der Waals surface area contributed by atoms with Crippen molar-refractivity contribution in [3.05, 3.63) is 5.89 Å². The van der Waals surface area contributed by atoms with Crippen molar-refractivity contribution in [2.45, 2.75) is 18.8 Å². The van der Waals surface area contributed by atoms with Crippen LogP contribution in [0.25, 0.3) is 10.8 Å². The van der Waals surface area contributed by atoms with Gasteiger partial charge in [-0.1, -0.05) is 21.6 Å². The van der Waals surface area contributed by atoms with E-state index in [2.05, 4.69) is 32.3 Å². The highest BCUT2D eigenvalue weighted by Crippen LogP contribution is 2.29. The lowest BCUT2D eigenvalue weighted by Crippen LogP contribution is -2.30. The Morgan fingerprint density at radius 3 is 3.05 bits per heavy atom. The average Bonchev–Trinajstić information content (AvgIpc) is 3.07. The molecular weight excluding hydrogens is 266 g/mol. The molecule has 1 saturated heterocycles. The van der Waals surface area contributed by atoms with Crippen LogP contribution >= 0.6 is 11.3 Å². The molecule has 3 heterocycles. The molecule has 3 rings (SSSR count). The van der Waals surface area contributed by atoms with Crippen LogP contribution in [-0.4, -0.2) is 52.5 Å². The van der Waals surface area contributed by atoms with Gasteiger partial charge in [-0.25, -0.2) is 0 Å². The fraction of sp³-hybridized carbons (Fsp3) is 0.636. The van der Waals surface area contributed by atoms with Gasteiger partial charge in [0.15, 0.2) is 5.01 Å². The van der Waals surface area contributed by atoms with E-state index < -0.39 is 0 Å². The number of likely N-dealkylation sites (N-methyl/N-ethyl adjacent to an activating group) is 1. The van der Waals surface area contributed by atoms with E-state index in [-0.39, 0.29) is 0 Å². The molecule has 0 radical (unpaired) electrons. The second-order valence-corrected chi connectivity index (χ2v) is 5.57. The summed E-state index contributed by atoms with van der Waals surface area (Å²) in [5.41, 5.74) is 0. The third kappa shape index (κ3) is 2.59. The molecule has 1 fully saturated rings. The fourth-order valence-corrected chi connectivity index (χ4v) is 2.82. The number of methoxy groups -OCH3 is 1. The number of nitrogens with zero attached hydrogens (tertiary/aromatic N) is 5. The minimum absolute atomic E-state index is 0.315. The second-order valence-electron chi connectivity index (χ2n) is 4.63. The maximum atomic E-state index is 5.36. The largest absolute Gasteiger partial charge is 0.472 e. The molecule has 8 heteroatoms. The third-order valence-electron chi connectivity index (χ3n) is 3.19. The van der Waals surface area contributed by atoms with E-state index in [1.54, 1.807) is 7.11 Å². The smallest absolute Gasteiger partial charge is 0.294 e. The Labute approximate surface area is 114 Å². The first-order valence-electron chi connectivity index (χ1n) is 6.16. The van der Waals surface area contributed by atoms with E-state index in [1.165, 1.54) is 11.3 Å². The third-order valence-corrected chi connectivity index (χ3v) is 4.07. The molecule has 0 saturated carbocycles. The van der Waals surface area contributed by atoms with Crippen LogP contribution in [-0.2, 0) is 0 Å². The number of aromatic nitrogens is 4. The first kappa shape index (κ1) is 12.5. The molecule has 7 nitrogen and oxygen atoms in total. The highest BCUT2D eigenvalue weighted by Gasteiger charge is 2.25. The zero-order valence-electron chi connectivity index (χ0n) is 10.9. The molecular formula is C11H15N5O2S. The standard InChI is InChI=1S/C11H15N5O2S/c1-16-5-3-4-7(6-16)9-12-8(15-18-9)10-13-14-11(17-2)19-10/h7H,3-6H2,1-2H3. The zero-order valence-corrected chi connectivity index (χ0v) is 11.7. The van der Waals surface area contributed by atoms with E-state index in [1.807, 2.05) is 0 Å². The van der Waals surface area contributed by atoms with Crippen LogP contribution in [0.1, 0.15) is 24.7 Å². The molecule has 1 aliphatic heterocycles. The number of ether oxygens (including phenoxy) is 1. The maximum absolute atomic E-state index is 5.36. The summed E-state index contributed by atoms with van der Waals surface area (Å²) in [6.45, 7) is 2.09. The summed E-state index contributed by atoms with van der Waals surface area (Å²) in [6.07, 6.45) is 2.25. The number of piperidine rings is 1. The van der Waals surface area contributed by atoms with Gasteiger partial charge in [0.2, 0.25) is 11.7 Å². The Hall–Kier alpha value is -1.54. The molecule has 0 aromatic carbocycles. The van der Waals surface area contributed by atoms with E-state index >= 15 is 0 Å². The lowest BCUT2D eigenvalue weighted by Gasteiger charge is -2.27. The molecule has 1 atom stereocenters. The molecule has 0 bridgehead atoms. The van der Waals surface area contributed by atoms with Crippen molar-refractivity contribution in [1.29, 1.82) is 0 Å². The van der Waals surface area contributed by atoms with Gasteiger partial charge in [-0.05, 0) is 26.4 Å². The van der Waals surface area contributed by atoms with Crippen molar-refractivity contribution in [1.82, 2.24) is 25.2 Å². The minimum Gasteiger partial charge on any atom is -0.472 e. The van der Waals surface area contributed by atoms with Gasteiger partial charge in [0.05, 0.1) is 13.0 Å². The second kappa shape index (κ2) is 5.22. The molecule has 0 spiro atoms. The van der Waals surface area contributed by atoms with Crippen molar-refractivity contribution >= 4 is 11.3 Å². The van der Waals surface area contributed by atoms with Gasteiger partial charge in [-0.3, -0.25) is 0 Å². The van der Waals surface area contributed by atoms with Gasteiger partial charge < -0.3 is 14.2 Å². The van der Waals surface area contributed by atoms with Gasteiger partial charge in [0, 0.05) is 6.54 Å². The quantitative estimate of drug-likeness (QED) is 0.841. The number of hydrogen-bond acceptors (Lipinski definition) is 8. The van der Waals surface area contributed by atoms with Crippen LogP contribution in [0.3, 0.4) is 0 Å². The topological polar surface area (TPSA) is 77.2 Å². The van der Waals surface area contributed by atoms with Crippen LogP contribution in [0.15, 0.2) is 4.52 Å². The number of hydrogen-bond donors (Lipinski definition) is 0. The highest BCUT2D eigenvalue weighted by atomic mass is 32.1. The predicted octanol–water partition coefficient (Wildman–Crippen LogP) is 1.41. The Bertz CT molecular complexity index is 555. The monoisotopic (exact) mass is 281 g/mol. The van der Waals surface area contributed by atoms with Crippen LogP contribution in [0.5, 0.6) is 5.19 Å². The van der Waals surface area contributed by atoms with E-state index in [4.69, 9.17) is 9.26 Å². The summed E-state index contributed by atoms with van der Waals surface area (Å²) < 4.78 is 10.4. The SMILES string of the molecule is COc1nnc(-c2noc(C3CCCN(C)C3)n2)s1.